The minimum absolute atomic E-state index is 0.0595. The second-order valence-electron chi connectivity index (χ2n) is 5.02. The van der Waals surface area contributed by atoms with Gasteiger partial charge in [0.15, 0.2) is 0 Å². The molecule has 0 radical (unpaired) electrons. The summed E-state index contributed by atoms with van der Waals surface area (Å²) in [4.78, 5) is 22.8. The molecule has 0 saturated heterocycles. The van der Waals surface area contributed by atoms with Crippen LogP contribution in [0.1, 0.15) is 44.6 Å². The van der Waals surface area contributed by atoms with Gasteiger partial charge in [-0.15, -0.1) is 0 Å². The molecule has 1 aromatic carbocycles. The van der Waals surface area contributed by atoms with E-state index >= 15 is 0 Å². The SMILES string of the molecule is CCCC(NC(=O)CC(C)c1ccc(F)cc1F)C(=O)O. The summed E-state index contributed by atoms with van der Waals surface area (Å²) in [5.74, 6) is -3.42. The molecule has 21 heavy (non-hydrogen) atoms. The molecule has 0 aromatic heterocycles. The highest BCUT2D eigenvalue weighted by molar-refractivity contribution is 5.83. The van der Waals surface area contributed by atoms with Gasteiger partial charge in [-0.25, -0.2) is 13.6 Å². The topological polar surface area (TPSA) is 66.4 Å². The number of halogens is 2. The zero-order chi connectivity index (χ0) is 16.0. The monoisotopic (exact) mass is 299 g/mol. The number of rotatable bonds is 7. The number of nitrogens with one attached hydrogen (secondary N) is 1. The Balaban J connectivity index is 2.67. The number of carbonyl (C=O) groups excluding carboxylic acids is 1. The lowest BCUT2D eigenvalue weighted by molar-refractivity contribution is -0.142. The van der Waals surface area contributed by atoms with Crippen molar-refractivity contribution in [2.45, 2.75) is 45.1 Å². The average Bonchev–Trinajstić information content (AvgIpc) is 2.37. The van der Waals surface area contributed by atoms with Crippen LogP contribution in [0, 0.1) is 11.6 Å². The summed E-state index contributed by atoms with van der Waals surface area (Å²) in [6.45, 7) is 3.45. The molecule has 6 heteroatoms. The van der Waals surface area contributed by atoms with Gasteiger partial charge >= 0.3 is 5.97 Å². The van der Waals surface area contributed by atoms with Crippen molar-refractivity contribution in [1.82, 2.24) is 5.32 Å². The number of amides is 1. The highest BCUT2D eigenvalue weighted by atomic mass is 19.1. The largest absolute Gasteiger partial charge is 0.480 e. The Labute approximate surface area is 122 Å². The fourth-order valence-electron chi connectivity index (χ4n) is 2.09. The van der Waals surface area contributed by atoms with E-state index in [2.05, 4.69) is 5.32 Å². The Morgan fingerprint density at radius 3 is 2.52 bits per heavy atom. The zero-order valence-electron chi connectivity index (χ0n) is 12.0. The van der Waals surface area contributed by atoms with Crippen molar-refractivity contribution in [2.24, 2.45) is 0 Å². The quantitative estimate of drug-likeness (QED) is 0.813. The Morgan fingerprint density at radius 1 is 1.33 bits per heavy atom. The summed E-state index contributed by atoms with van der Waals surface area (Å²) in [7, 11) is 0. The third-order valence-electron chi connectivity index (χ3n) is 3.20. The van der Waals surface area contributed by atoms with E-state index in [1.54, 1.807) is 6.92 Å². The van der Waals surface area contributed by atoms with Crippen LogP contribution in [0.4, 0.5) is 8.78 Å². The Bertz CT molecular complexity index is 520. The number of carboxylic acid groups (broad SMARTS) is 1. The summed E-state index contributed by atoms with van der Waals surface area (Å²) in [6, 6.07) is 2.25. The molecule has 0 aliphatic heterocycles. The molecule has 4 nitrogen and oxygen atoms in total. The molecule has 0 saturated carbocycles. The molecule has 2 unspecified atom stereocenters. The van der Waals surface area contributed by atoms with E-state index in [0.29, 0.717) is 12.8 Å². The predicted molar refractivity (Wildman–Crippen MR) is 73.9 cm³/mol. The van der Waals surface area contributed by atoms with Crippen molar-refractivity contribution < 1.29 is 23.5 Å². The van der Waals surface area contributed by atoms with Crippen LogP contribution in [0.2, 0.25) is 0 Å². The van der Waals surface area contributed by atoms with Gasteiger partial charge < -0.3 is 10.4 Å². The number of hydrogen-bond donors (Lipinski definition) is 2. The molecule has 0 spiro atoms. The summed E-state index contributed by atoms with van der Waals surface area (Å²) < 4.78 is 26.4. The minimum Gasteiger partial charge on any atom is -0.480 e. The first kappa shape index (κ1) is 17.1. The molecule has 1 rings (SSSR count). The summed E-state index contributed by atoms with van der Waals surface area (Å²) in [5.41, 5.74) is 0.230. The molecular weight excluding hydrogens is 280 g/mol. The van der Waals surface area contributed by atoms with Crippen molar-refractivity contribution in [1.29, 1.82) is 0 Å². The van der Waals surface area contributed by atoms with E-state index in [0.717, 1.165) is 12.1 Å². The lowest BCUT2D eigenvalue weighted by Gasteiger charge is -2.16. The number of hydrogen-bond acceptors (Lipinski definition) is 2. The molecule has 116 valence electrons. The van der Waals surface area contributed by atoms with E-state index in [4.69, 9.17) is 5.11 Å². The molecule has 0 fully saturated rings. The summed E-state index contributed by atoms with van der Waals surface area (Å²) in [6.07, 6.45) is 0.899. The highest BCUT2D eigenvalue weighted by Gasteiger charge is 2.21. The van der Waals surface area contributed by atoms with Crippen molar-refractivity contribution in [3.8, 4) is 0 Å². The lowest BCUT2D eigenvalue weighted by Crippen LogP contribution is -2.41. The van der Waals surface area contributed by atoms with Gasteiger partial charge in [-0.1, -0.05) is 26.3 Å². The lowest BCUT2D eigenvalue weighted by atomic mass is 9.96. The summed E-state index contributed by atoms with van der Waals surface area (Å²) >= 11 is 0. The standard InChI is InChI=1S/C15H19F2NO3/c1-3-4-13(15(20)21)18-14(19)7-9(2)11-6-5-10(16)8-12(11)17/h5-6,8-9,13H,3-4,7H2,1-2H3,(H,18,19)(H,20,21). The van der Waals surface area contributed by atoms with Gasteiger partial charge in [-0.05, 0) is 24.0 Å². The molecular formula is C15H19F2NO3. The molecule has 2 N–H and O–H groups in total. The smallest absolute Gasteiger partial charge is 0.326 e. The maximum Gasteiger partial charge on any atom is 0.326 e. The molecule has 0 aliphatic rings. The molecule has 1 amide bonds. The van der Waals surface area contributed by atoms with Gasteiger partial charge in [0.2, 0.25) is 5.91 Å². The van der Waals surface area contributed by atoms with Crippen molar-refractivity contribution in [3.63, 3.8) is 0 Å². The van der Waals surface area contributed by atoms with Gasteiger partial charge in [-0.3, -0.25) is 4.79 Å². The molecule has 0 bridgehead atoms. The van der Waals surface area contributed by atoms with E-state index < -0.39 is 35.5 Å². The first-order chi connectivity index (χ1) is 9.85. The second-order valence-corrected chi connectivity index (χ2v) is 5.02. The van der Waals surface area contributed by atoms with Crippen molar-refractivity contribution >= 4 is 11.9 Å². The third-order valence-corrected chi connectivity index (χ3v) is 3.20. The molecule has 1 aromatic rings. The van der Waals surface area contributed by atoms with Crippen LogP contribution in [0.15, 0.2) is 18.2 Å². The van der Waals surface area contributed by atoms with Crippen LogP contribution in [-0.2, 0) is 9.59 Å². The fraction of sp³-hybridized carbons (Fsp3) is 0.467. The minimum atomic E-state index is -1.09. The maximum atomic E-state index is 13.6. The Morgan fingerprint density at radius 2 is 2.00 bits per heavy atom. The predicted octanol–water partition coefficient (Wildman–Crippen LogP) is 2.83. The Hall–Kier alpha value is -1.98. The van der Waals surface area contributed by atoms with Gasteiger partial charge in [0, 0.05) is 12.5 Å². The third kappa shape index (κ3) is 5.13. The van der Waals surface area contributed by atoms with Crippen LogP contribution >= 0.6 is 0 Å². The van der Waals surface area contributed by atoms with E-state index in [-0.39, 0.29) is 12.0 Å². The molecule has 0 aliphatic carbocycles. The fourth-order valence-corrected chi connectivity index (χ4v) is 2.09. The van der Waals surface area contributed by atoms with E-state index in [1.165, 1.54) is 6.07 Å². The second kappa shape index (κ2) is 7.71. The molecule has 2 atom stereocenters. The maximum absolute atomic E-state index is 13.6. The molecule has 0 heterocycles. The van der Waals surface area contributed by atoms with Crippen molar-refractivity contribution in [2.75, 3.05) is 0 Å². The van der Waals surface area contributed by atoms with Gasteiger partial charge in [0.1, 0.15) is 17.7 Å². The van der Waals surface area contributed by atoms with Crippen molar-refractivity contribution in [3.05, 3.63) is 35.4 Å². The van der Waals surface area contributed by atoms with Crippen LogP contribution in [0.25, 0.3) is 0 Å². The number of aliphatic carboxylic acids is 1. The normalized spacial score (nSPS) is 13.5. The highest BCUT2D eigenvalue weighted by Crippen LogP contribution is 2.22. The first-order valence-corrected chi connectivity index (χ1v) is 6.82. The first-order valence-electron chi connectivity index (χ1n) is 6.82. The van der Waals surface area contributed by atoms with Gasteiger partial charge in [-0.2, -0.15) is 0 Å². The average molecular weight is 299 g/mol. The number of carbonyl (C=O) groups is 2. The van der Waals surface area contributed by atoms with Crippen LogP contribution in [0.5, 0.6) is 0 Å². The van der Waals surface area contributed by atoms with Gasteiger partial charge in [0.05, 0.1) is 0 Å². The van der Waals surface area contributed by atoms with E-state index in [1.807, 2.05) is 6.92 Å². The zero-order valence-corrected chi connectivity index (χ0v) is 12.0. The number of carboxylic acids is 1. The van der Waals surface area contributed by atoms with Crippen LogP contribution < -0.4 is 5.32 Å². The van der Waals surface area contributed by atoms with Gasteiger partial charge in [0.25, 0.3) is 0 Å². The number of benzene rings is 1. The van der Waals surface area contributed by atoms with Crippen LogP contribution in [-0.4, -0.2) is 23.0 Å². The Kier molecular flexibility index (Phi) is 6.27. The summed E-state index contributed by atoms with van der Waals surface area (Å²) in [5, 5.41) is 11.4. The van der Waals surface area contributed by atoms with Crippen LogP contribution in [0.3, 0.4) is 0 Å². The van der Waals surface area contributed by atoms with E-state index in [9.17, 15) is 18.4 Å².